The number of amides is 1. The van der Waals surface area contributed by atoms with Gasteiger partial charge in [0.15, 0.2) is 0 Å². The smallest absolute Gasteiger partial charge is 0.410 e. The highest BCUT2D eigenvalue weighted by molar-refractivity contribution is 5.68. The van der Waals surface area contributed by atoms with Crippen LogP contribution in [0.5, 0.6) is 0 Å². The Morgan fingerprint density at radius 2 is 1.72 bits per heavy atom. The second-order valence-electron chi connectivity index (χ2n) is 9.25. The first kappa shape index (κ1) is 20.5. The van der Waals surface area contributed by atoms with Crippen molar-refractivity contribution < 1.29 is 9.53 Å². The number of rotatable bonds is 4. The molecule has 0 radical (unpaired) electrons. The molecule has 2 aliphatic heterocycles. The number of hydrogen-bond donors (Lipinski definition) is 1. The molecule has 2 fully saturated rings. The Balaban J connectivity index is 1.80. The Kier molecular flexibility index (Phi) is 6.74. The van der Waals surface area contributed by atoms with E-state index in [0.29, 0.717) is 6.04 Å². The molecule has 0 saturated carbocycles. The predicted molar refractivity (Wildman–Crippen MR) is 102 cm³/mol. The van der Waals surface area contributed by atoms with Gasteiger partial charge in [-0.05, 0) is 54.5 Å². The monoisotopic (exact) mass is 354 g/mol. The van der Waals surface area contributed by atoms with E-state index in [9.17, 15) is 4.79 Å². The van der Waals surface area contributed by atoms with Crippen LogP contribution in [-0.4, -0.2) is 90.8 Å². The maximum Gasteiger partial charge on any atom is 0.410 e. The van der Waals surface area contributed by atoms with E-state index in [1.54, 1.807) is 0 Å². The molecule has 2 heterocycles. The van der Waals surface area contributed by atoms with Crippen molar-refractivity contribution in [1.82, 2.24) is 20.0 Å². The normalized spacial score (nSPS) is 24.4. The lowest BCUT2D eigenvalue weighted by Gasteiger charge is -2.44. The SMILES string of the molecule is CN1CCN(C(C)(C)CNC2CCCN(C(=O)OC(C)(C)C)C2)CC1. The summed E-state index contributed by atoms with van der Waals surface area (Å²) in [4.78, 5) is 19.1. The first-order valence-electron chi connectivity index (χ1n) is 9.72. The number of likely N-dealkylation sites (tertiary alicyclic amines) is 1. The minimum Gasteiger partial charge on any atom is -0.444 e. The van der Waals surface area contributed by atoms with Gasteiger partial charge in [-0.2, -0.15) is 0 Å². The van der Waals surface area contributed by atoms with Crippen molar-refractivity contribution in [1.29, 1.82) is 0 Å². The average molecular weight is 355 g/mol. The number of hydrogen-bond acceptors (Lipinski definition) is 5. The Morgan fingerprint density at radius 1 is 1.08 bits per heavy atom. The summed E-state index contributed by atoms with van der Waals surface area (Å²) >= 11 is 0. The molecule has 0 bridgehead atoms. The van der Waals surface area contributed by atoms with Gasteiger partial charge >= 0.3 is 6.09 Å². The third kappa shape index (κ3) is 6.42. The molecule has 1 amide bonds. The standard InChI is InChI=1S/C19H38N4O2/c1-18(2,3)25-17(24)22-9-7-8-16(14-22)20-15-19(4,5)23-12-10-21(6)11-13-23/h16,20H,7-15H2,1-6H3. The molecule has 1 unspecified atom stereocenters. The van der Waals surface area contributed by atoms with Gasteiger partial charge in [-0.1, -0.05) is 0 Å². The van der Waals surface area contributed by atoms with Crippen molar-refractivity contribution in [3.8, 4) is 0 Å². The molecule has 1 atom stereocenters. The van der Waals surface area contributed by atoms with Gasteiger partial charge in [0, 0.05) is 57.4 Å². The minimum absolute atomic E-state index is 0.134. The molecule has 0 spiro atoms. The van der Waals surface area contributed by atoms with Crippen LogP contribution in [0.4, 0.5) is 4.79 Å². The second-order valence-corrected chi connectivity index (χ2v) is 9.25. The molecule has 1 N–H and O–H groups in total. The molecular weight excluding hydrogens is 316 g/mol. The molecule has 2 rings (SSSR count). The zero-order chi connectivity index (χ0) is 18.7. The molecule has 2 saturated heterocycles. The lowest BCUT2D eigenvalue weighted by molar-refractivity contribution is 0.0173. The predicted octanol–water partition coefficient (Wildman–Crippen LogP) is 2.00. The van der Waals surface area contributed by atoms with E-state index in [4.69, 9.17) is 4.74 Å². The Labute approximate surface area is 153 Å². The van der Waals surface area contributed by atoms with E-state index in [0.717, 1.165) is 58.7 Å². The molecule has 146 valence electrons. The number of carbonyl (C=O) groups is 1. The number of piperidine rings is 1. The summed E-state index contributed by atoms with van der Waals surface area (Å²) in [7, 11) is 2.19. The van der Waals surface area contributed by atoms with E-state index in [1.165, 1.54) is 0 Å². The molecule has 0 aliphatic carbocycles. The van der Waals surface area contributed by atoms with E-state index in [-0.39, 0.29) is 11.6 Å². The van der Waals surface area contributed by atoms with Crippen LogP contribution in [0.1, 0.15) is 47.5 Å². The summed E-state index contributed by atoms with van der Waals surface area (Å²) < 4.78 is 5.52. The highest BCUT2D eigenvalue weighted by atomic mass is 16.6. The van der Waals surface area contributed by atoms with Crippen LogP contribution in [0, 0.1) is 0 Å². The van der Waals surface area contributed by atoms with E-state index < -0.39 is 5.60 Å². The lowest BCUT2D eigenvalue weighted by atomic mass is 9.99. The minimum atomic E-state index is -0.430. The first-order valence-corrected chi connectivity index (χ1v) is 9.72. The molecule has 6 nitrogen and oxygen atoms in total. The third-order valence-corrected chi connectivity index (χ3v) is 5.26. The summed E-state index contributed by atoms with van der Waals surface area (Å²) in [5.41, 5.74) is -0.295. The quantitative estimate of drug-likeness (QED) is 0.837. The summed E-state index contributed by atoms with van der Waals surface area (Å²) in [6, 6.07) is 0.355. The van der Waals surface area contributed by atoms with Crippen molar-refractivity contribution in [2.75, 3.05) is 52.9 Å². The first-order chi connectivity index (χ1) is 11.6. The molecule has 0 aromatic rings. The van der Waals surface area contributed by atoms with Gasteiger partial charge < -0.3 is 19.9 Å². The third-order valence-electron chi connectivity index (χ3n) is 5.26. The van der Waals surface area contributed by atoms with Crippen molar-refractivity contribution in [3.63, 3.8) is 0 Å². The summed E-state index contributed by atoms with van der Waals surface area (Å²) in [5.74, 6) is 0. The molecule has 6 heteroatoms. The van der Waals surface area contributed by atoms with Gasteiger partial charge in [0.2, 0.25) is 0 Å². The second kappa shape index (κ2) is 8.23. The number of piperazine rings is 1. The fourth-order valence-electron chi connectivity index (χ4n) is 3.55. The maximum atomic E-state index is 12.3. The van der Waals surface area contributed by atoms with Gasteiger partial charge in [-0.15, -0.1) is 0 Å². The molecule has 2 aliphatic rings. The van der Waals surface area contributed by atoms with Gasteiger partial charge in [-0.3, -0.25) is 4.90 Å². The van der Waals surface area contributed by atoms with Gasteiger partial charge in [0.05, 0.1) is 0 Å². The van der Waals surface area contributed by atoms with Crippen molar-refractivity contribution in [2.24, 2.45) is 0 Å². The number of likely N-dealkylation sites (N-methyl/N-ethyl adjacent to an activating group) is 1. The van der Waals surface area contributed by atoms with Crippen LogP contribution < -0.4 is 5.32 Å². The summed E-state index contributed by atoms with van der Waals surface area (Å²) in [5, 5.41) is 3.71. The van der Waals surface area contributed by atoms with Crippen LogP contribution in [0.25, 0.3) is 0 Å². The molecular formula is C19H38N4O2. The summed E-state index contributed by atoms with van der Waals surface area (Å²) in [6.45, 7) is 17.4. The van der Waals surface area contributed by atoms with Crippen LogP contribution in [0.15, 0.2) is 0 Å². The molecule has 0 aromatic carbocycles. The Bertz CT molecular complexity index is 439. The highest BCUT2D eigenvalue weighted by Crippen LogP contribution is 2.19. The Hall–Kier alpha value is -0.850. The average Bonchev–Trinajstić information content (AvgIpc) is 2.52. The van der Waals surface area contributed by atoms with Crippen LogP contribution >= 0.6 is 0 Å². The van der Waals surface area contributed by atoms with E-state index in [2.05, 4.69) is 36.0 Å². The van der Waals surface area contributed by atoms with E-state index in [1.807, 2.05) is 25.7 Å². The Morgan fingerprint density at radius 3 is 2.32 bits per heavy atom. The molecule has 0 aromatic heterocycles. The summed E-state index contributed by atoms with van der Waals surface area (Å²) in [6.07, 6.45) is 1.97. The number of nitrogens with one attached hydrogen (secondary N) is 1. The highest BCUT2D eigenvalue weighted by Gasteiger charge is 2.32. The van der Waals surface area contributed by atoms with Crippen molar-refractivity contribution in [2.45, 2.75) is 64.6 Å². The van der Waals surface area contributed by atoms with Crippen molar-refractivity contribution >= 4 is 6.09 Å². The zero-order valence-corrected chi connectivity index (χ0v) is 17.1. The van der Waals surface area contributed by atoms with Crippen LogP contribution in [0.2, 0.25) is 0 Å². The maximum absolute atomic E-state index is 12.3. The number of carbonyl (C=O) groups excluding carboxylic acids is 1. The largest absolute Gasteiger partial charge is 0.444 e. The fraction of sp³-hybridized carbons (Fsp3) is 0.947. The van der Waals surface area contributed by atoms with Crippen LogP contribution in [-0.2, 0) is 4.74 Å². The van der Waals surface area contributed by atoms with Gasteiger partial charge in [0.25, 0.3) is 0 Å². The van der Waals surface area contributed by atoms with Crippen LogP contribution in [0.3, 0.4) is 0 Å². The number of nitrogens with zero attached hydrogens (tertiary/aromatic N) is 3. The molecule has 25 heavy (non-hydrogen) atoms. The van der Waals surface area contributed by atoms with Gasteiger partial charge in [0.1, 0.15) is 5.60 Å². The van der Waals surface area contributed by atoms with Crippen molar-refractivity contribution in [3.05, 3.63) is 0 Å². The number of ether oxygens (including phenoxy) is 1. The van der Waals surface area contributed by atoms with E-state index >= 15 is 0 Å². The fourth-order valence-corrected chi connectivity index (χ4v) is 3.55. The zero-order valence-electron chi connectivity index (χ0n) is 17.1. The van der Waals surface area contributed by atoms with Gasteiger partial charge in [-0.25, -0.2) is 4.79 Å². The topological polar surface area (TPSA) is 48.0 Å². The lowest BCUT2D eigenvalue weighted by Crippen LogP contribution is -2.59.